The first-order chi connectivity index (χ1) is 17.5. The van der Waals surface area contributed by atoms with Gasteiger partial charge in [0.2, 0.25) is 15.9 Å². The molecule has 2 atom stereocenters. The van der Waals surface area contributed by atoms with E-state index in [2.05, 4.69) is 19.4 Å². The van der Waals surface area contributed by atoms with Crippen molar-refractivity contribution in [2.24, 2.45) is 0 Å². The average molecular weight is 545 g/mol. The van der Waals surface area contributed by atoms with Gasteiger partial charge in [0.25, 0.3) is 0 Å². The summed E-state index contributed by atoms with van der Waals surface area (Å²) in [6.07, 6.45) is 0.192. The number of sulfonamides is 1. The predicted octanol–water partition coefficient (Wildman–Crippen LogP) is 4.50. The molecule has 1 aromatic heterocycles. The molecule has 0 saturated carbocycles. The van der Waals surface area contributed by atoms with Crippen LogP contribution in [0.2, 0.25) is 0 Å². The van der Waals surface area contributed by atoms with E-state index in [-0.39, 0.29) is 23.3 Å². The number of amides is 1. The SMILES string of the molecule is Cc1cc(F)ccc1S(=O)(=O)N[C@@H](Cc1ccc(C2CC(=O)NS2(O)O)cc1)c1nc2ccccc2[nH]1. The topological polar surface area (TPSA) is 144 Å². The Balaban J connectivity index is 1.46. The molecular weight excluding hydrogens is 519 g/mol. The summed E-state index contributed by atoms with van der Waals surface area (Å²) in [5.74, 6) is -0.543. The number of aromatic amines is 1. The lowest BCUT2D eigenvalue weighted by Gasteiger charge is -2.32. The Bertz CT molecular complexity index is 1560. The Morgan fingerprint density at radius 1 is 1.14 bits per heavy atom. The number of nitrogens with one attached hydrogen (secondary N) is 3. The van der Waals surface area contributed by atoms with Crippen LogP contribution in [0.3, 0.4) is 0 Å². The molecule has 0 radical (unpaired) electrons. The fourth-order valence-corrected chi connectivity index (χ4v) is 7.38. The Kier molecular flexibility index (Phi) is 6.54. The highest BCUT2D eigenvalue weighted by atomic mass is 32.3. The van der Waals surface area contributed by atoms with Crippen molar-refractivity contribution in [2.45, 2.75) is 36.0 Å². The van der Waals surface area contributed by atoms with E-state index in [0.717, 1.165) is 23.2 Å². The molecule has 1 amide bonds. The van der Waals surface area contributed by atoms with E-state index in [1.807, 2.05) is 24.3 Å². The van der Waals surface area contributed by atoms with Gasteiger partial charge >= 0.3 is 0 Å². The minimum atomic E-state index is -4.04. The predicted molar refractivity (Wildman–Crippen MR) is 139 cm³/mol. The Hall–Kier alpha value is -3.29. The molecule has 1 unspecified atom stereocenters. The van der Waals surface area contributed by atoms with Gasteiger partial charge in [0.05, 0.1) is 28.4 Å². The number of benzene rings is 3. The number of para-hydroxylation sites is 2. The van der Waals surface area contributed by atoms with E-state index in [9.17, 15) is 26.7 Å². The fraction of sp³-hybridized carbons (Fsp3) is 0.200. The quantitative estimate of drug-likeness (QED) is 0.232. The van der Waals surface area contributed by atoms with Crippen molar-refractivity contribution in [3.63, 3.8) is 0 Å². The number of aromatic nitrogens is 2. The van der Waals surface area contributed by atoms with Crippen LogP contribution in [0.1, 0.15) is 40.2 Å². The maximum atomic E-state index is 13.6. The lowest BCUT2D eigenvalue weighted by Crippen LogP contribution is -2.31. The van der Waals surface area contributed by atoms with Gasteiger partial charge in [-0.25, -0.2) is 22.5 Å². The number of aryl methyl sites for hydroxylation is 1. The van der Waals surface area contributed by atoms with E-state index in [1.165, 1.54) is 13.0 Å². The van der Waals surface area contributed by atoms with E-state index < -0.39 is 43.8 Å². The highest BCUT2D eigenvalue weighted by molar-refractivity contribution is 8.23. The van der Waals surface area contributed by atoms with Gasteiger partial charge in [0.1, 0.15) is 16.9 Å². The summed E-state index contributed by atoms with van der Waals surface area (Å²) >= 11 is 0. The molecule has 37 heavy (non-hydrogen) atoms. The Labute approximate surface area is 214 Å². The lowest BCUT2D eigenvalue weighted by molar-refractivity contribution is -0.118. The molecule has 194 valence electrons. The van der Waals surface area contributed by atoms with Gasteiger partial charge in [0, 0.05) is 0 Å². The Morgan fingerprint density at radius 3 is 2.51 bits per heavy atom. The van der Waals surface area contributed by atoms with Crippen molar-refractivity contribution in [1.82, 2.24) is 19.4 Å². The van der Waals surface area contributed by atoms with Crippen molar-refractivity contribution in [2.75, 3.05) is 0 Å². The number of halogens is 1. The largest absolute Gasteiger partial charge is 0.341 e. The summed E-state index contributed by atoms with van der Waals surface area (Å²) in [4.78, 5) is 19.4. The van der Waals surface area contributed by atoms with E-state index in [0.29, 0.717) is 16.9 Å². The molecular formula is C25H25FN4O5S2. The van der Waals surface area contributed by atoms with Gasteiger partial charge in [-0.05, 0) is 60.4 Å². The van der Waals surface area contributed by atoms with Crippen LogP contribution in [0, 0.1) is 12.7 Å². The summed E-state index contributed by atoms with van der Waals surface area (Å²) in [6.45, 7) is 1.53. The van der Waals surface area contributed by atoms with Crippen molar-refractivity contribution in [3.05, 3.63) is 95.1 Å². The smallest absolute Gasteiger partial charge is 0.241 e. The second kappa shape index (κ2) is 9.54. The van der Waals surface area contributed by atoms with Crippen LogP contribution in [0.5, 0.6) is 0 Å². The molecule has 1 aliphatic rings. The van der Waals surface area contributed by atoms with Gasteiger partial charge in [-0.15, -0.1) is 10.8 Å². The van der Waals surface area contributed by atoms with E-state index in [4.69, 9.17) is 0 Å². The molecule has 9 nitrogen and oxygen atoms in total. The van der Waals surface area contributed by atoms with Gasteiger partial charge in [-0.1, -0.05) is 36.4 Å². The summed E-state index contributed by atoms with van der Waals surface area (Å²) < 4.78 is 65.5. The number of imidazole rings is 1. The first-order valence-corrected chi connectivity index (χ1v) is 14.5. The first-order valence-electron chi connectivity index (χ1n) is 11.4. The minimum Gasteiger partial charge on any atom is -0.341 e. The molecule has 2 heterocycles. The molecule has 5 N–H and O–H groups in total. The molecule has 12 heteroatoms. The van der Waals surface area contributed by atoms with Gasteiger partial charge in [0.15, 0.2) is 0 Å². The van der Waals surface area contributed by atoms with Crippen LogP contribution >= 0.6 is 10.8 Å². The molecule has 1 saturated heterocycles. The fourth-order valence-electron chi connectivity index (χ4n) is 4.47. The normalized spacial score (nSPS) is 19.0. The molecule has 1 aliphatic heterocycles. The maximum Gasteiger partial charge on any atom is 0.241 e. The van der Waals surface area contributed by atoms with Crippen molar-refractivity contribution in [3.8, 4) is 0 Å². The van der Waals surface area contributed by atoms with Gasteiger partial charge in [-0.3, -0.25) is 18.6 Å². The number of H-pyrrole nitrogens is 1. The number of rotatable bonds is 7. The monoisotopic (exact) mass is 544 g/mol. The Morgan fingerprint density at radius 2 is 1.86 bits per heavy atom. The van der Waals surface area contributed by atoms with Crippen molar-refractivity contribution >= 4 is 37.7 Å². The van der Waals surface area contributed by atoms with E-state index in [1.54, 1.807) is 24.3 Å². The average Bonchev–Trinajstić information content (AvgIpc) is 3.38. The van der Waals surface area contributed by atoms with Gasteiger partial charge in [-0.2, -0.15) is 0 Å². The second-order valence-electron chi connectivity index (χ2n) is 8.98. The highest BCUT2D eigenvalue weighted by Crippen LogP contribution is 2.56. The third-order valence-electron chi connectivity index (χ3n) is 6.28. The van der Waals surface area contributed by atoms with E-state index >= 15 is 0 Å². The number of hydrogen-bond donors (Lipinski definition) is 5. The van der Waals surface area contributed by atoms with Crippen molar-refractivity contribution in [1.29, 1.82) is 0 Å². The van der Waals surface area contributed by atoms with Crippen LogP contribution in [-0.2, 0) is 21.2 Å². The molecule has 4 aromatic rings. The number of hydrogen-bond acceptors (Lipinski definition) is 6. The zero-order valence-electron chi connectivity index (χ0n) is 19.7. The second-order valence-corrected chi connectivity index (χ2v) is 12.6. The third kappa shape index (κ3) is 5.24. The number of carbonyl (C=O) groups is 1. The lowest BCUT2D eigenvalue weighted by atomic mass is 10.0. The summed E-state index contributed by atoms with van der Waals surface area (Å²) in [5.41, 5.74) is 3.04. The minimum absolute atomic E-state index is 0.0277. The van der Waals surface area contributed by atoms with Crippen LogP contribution < -0.4 is 9.44 Å². The molecule has 0 aliphatic carbocycles. The maximum absolute atomic E-state index is 13.6. The molecule has 3 aromatic carbocycles. The molecule has 1 fully saturated rings. The van der Waals surface area contributed by atoms with Crippen LogP contribution in [0.4, 0.5) is 4.39 Å². The highest BCUT2D eigenvalue weighted by Gasteiger charge is 2.38. The summed E-state index contributed by atoms with van der Waals surface area (Å²) in [6, 6.07) is 16.9. The number of fused-ring (bicyclic) bond motifs is 1. The molecule has 0 bridgehead atoms. The summed E-state index contributed by atoms with van der Waals surface area (Å²) in [5, 5.41) is -0.750. The molecule has 5 rings (SSSR count). The van der Waals surface area contributed by atoms with Crippen LogP contribution in [0.25, 0.3) is 11.0 Å². The zero-order chi connectivity index (χ0) is 26.4. The summed E-state index contributed by atoms with van der Waals surface area (Å²) in [7, 11) is -7.32. The molecule has 0 spiro atoms. The third-order valence-corrected chi connectivity index (χ3v) is 9.68. The number of carbonyl (C=O) groups excluding carboxylic acids is 1. The standard InChI is InChI=1S/C25H25FN4O5S2/c1-15-12-18(26)10-11-22(15)36(32,33)29-21(25-27-19-4-2-3-5-20(19)28-25)13-16-6-8-17(9-7-16)23-14-24(31)30-37(23,34)35/h2-12,21,23,29,34-35H,13-14H2,1H3,(H,27,28)(H,30,31)/t21-,23?/m0/s1. The first kappa shape index (κ1) is 25.4. The van der Waals surface area contributed by atoms with Gasteiger partial charge < -0.3 is 4.98 Å². The van der Waals surface area contributed by atoms with Crippen molar-refractivity contribution < 1.29 is 26.7 Å². The zero-order valence-corrected chi connectivity index (χ0v) is 21.3. The van der Waals surface area contributed by atoms with Crippen LogP contribution in [0.15, 0.2) is 71.6 Å². The van der Waals surface area contributed by atoms with Crippen LogP contribution in [-0.4, -0.2) is 33.4 Å². The number of nitrogens with zero attached hydrogens (tertiary/aromatic N) is 1.